The van der Waals surface area contributed by atoms with Gasteiger partial charge in [-0.3, -0.25) is 0 Å². The maximum atomic E-state index is 12.6. The third-order valence-electron chi connectivity index (χ3n) is 1.17. The molecule has 0 saturated heterocycles. The Labute approximate surface area is 55.1 Å². The van der Waals surface area contributed by atoms with E-state index in [2.05, 4.69) is 19.9 Å². The lowest BCUT2D eigenvalue weighted by molar-refractivity contribution is 0.591. The van der Waals surface area contributed by atoms with Crippen LogP contribution < -0.4 is 0 Å². The Hall–Kier alpha value is -1.52. The van der Waals surface area contributed by atoms with E-state index in [1.165, 1.54) is 6.33 Å². The van der Waals surface area contributed by atoms with Crippen LogP contribution in [0.15, 0.2) is 12.7 Å². The minimum absolute atomic E-state index is 0.183. The van der Waals surface area contributed by atoms with E-state index >= 15 is 0 Å². The molecule has 0 aliphatic carbocycles. The molecule has 4 nitrogen and oxygen atoms in total. The molecule has 0 saturated carbocycles. The van der Waals surface area contributed by atoms with Crippen LogP contribution in [0, 0.1) is 5.95 Å². The third-order valence-corrected chi connectivity index (χ3v) is 1.17. The number of aromatic amines is 1. The van der Waals surface area contributed by atoms with Gasteiger partial charge in [0.1, 0.15) is 6.33 Å². The fraction of sp³-hybridized carbons (Fsp3) is 0. The zero-order chi connectivity index (χ0) is 6.97. The molecule has 0 aromatic carbocycles. The lowest BCUT2D eigenvalue weighted by atomic mass is 10.5. The molecule has 0 spiro atoms. The predicted molar refractivity (Wildman–Crippen MR) is 31.6 cm³/mol. The van der Waals surface area contributed by atoms with Gasteiger partial charge in [0.15, 0.2) is 11.2 Å². The number of aromatic nitrogens is 4. The summed E-state index contributed by atoms with van der Waals surface area (Å²) >= 11 is 0. The number of halogens is 1. The van der Waals surface area contributed by atoms with Gasteiger partial charge in [0, 0.05) is 0 Å². The second kappa shape index (κ2) is 1.73. The highest BCUT2D eigenvalue weighted by molar-refractivity contribution is 5.68. The number of hydrogen-bond donors (Lipinski definition) is 1. The van der Waals surface area contributed by atoms with Crippen LogP contribution >= 0.6 is 0 Å². The monoisotopic (exact) mass is 138 g/mol. The molecule has 0 unspecified atom stereocenters. The largest absolute Gasteiger partial charge is 0.329 e. The van der Waals surface area contributed by atoms with Crippen LogP contribution in [0.3, 0.4) is 0 Å². The lowest BCUT2D eigenvalue weighted by Gasteiger charge is -1.85. The van der Waals surface area contributed by atoms with E-state index < -0.39 is 5.95 Å². The highest BCUT2D eigenvalue weighted by Gasteiger charge is 2.02. The molecule has 5 heteroatoms. The van der Waals surface area contributed by atoms with Gasteiger partial charge in [-0.25, -0.2) is 15.0 Å². The molecule has 2 aromatic heterocycles. The lowest BCUT2D eigenvalue weighted by Crippen LogP contribution is -1.85. The van der Waals surface area contributed by atoms with E-state index in [9.17, 15) is 4.39 Å². The molecule has 50 valence electrons. The van der Waals surface area contributed by atoms with Crippen LogP contribution in [0.25, 0.3) is 11.2 Å². The number of nitrogens with one attached hydrogen (secondary N) is 1. The Morgan fingerprint density at radius 1 is 1.30 bits per heavy atom. The minimum atomic E-state index is -0.591. The maximum Gasteiger partial charge on any atom is 0.244 e. The molecule has 2 heterocycles. The van der Waals surface area contributed by atoms with Crippen molar-refractivity contribution in [3.63, 3.8) is 0 Å². The van der Waals surface area contributed by atoms with Crippen molar-refractivity contribution in [2.45, 2.75) is 0 Å². The van der Waals surface area contributed by atoms with E-state index in [1.54, 1.807) is 0 Å². The molecular weight excluding hydrogens is 135 g/mol. The molecule has 2 rings (SSSR count). The van der Waals surface area contributed by atoms with Crippen molar-refractivity contribution in [2.75, 3.05) is 0 Å². The van der Waals surface area contributed by atoms with Crippen molar-refractivity contribution >= 4 is 11.2 Å². The van der Waals surface area contributed by atoms with Crippen LogP contribution in [0.4, 0.5) is 4.39 Å². The first-order valence-electron chi connectivity index (χ1n) is 2.67. The Morgan fingerprint density at radius 2 is 2.20 bits per heavy atom. The summed E-state index contributed by atoms with van der Waals surface area (Å²) in [6.45, 7) is 0. The first kappa shape index (κ1) is 5.28. The topological polar surface area (TPSA) is 54.5 Å². The summed E-state index contributed by atoms with van der Waals surface area (Å²) in [6, 6.07) is 0. The van der Waals surface area contributed by atoms with Gasteiger partial charge in [-0.1, -0.05) is 0 Å². The van der Waals surface area contributed by atoms with Crippen LogP contribution in [-0.4, -0.2) is 19.9 Å². The molecule has 0 fully saturated rings. The second-order valence-corrected chi connectivity index (χ2v) is 1.76. The molecule has 0 atom stereocenters. The van der Waals surface area contributed by atoms with Crippen LogP contribution in [0.5, 0.6) is 0 Å². The number of fused-ring (bicyclic) bond motifs is 1. The fourth-order valence-corrected chi connectivity index (χ4v) is 0.735. The molecule has 0 aliphatic heterocycles. The van der Waals surface area contributed by atoms with Gasteiger partial charge >= 0.3 is 0 Å². The molecule has 10 heavy (non-hydrogen) atoms. The summed E-state index contributed by atoms with van der Waals surface area (Å²) < 4.78 is 12.6. The Morgan fingerprint density at radius 3 is 3.00 bits per heavy atom. The number of nitrogens with zero attached hydrogens (tertiary/aromatic N) is 3. The Bertz CT molecular complexity index is 355. The van der Waals surface area contributed by atoms with Gasteiger partial charge < -0.3 is 4.98 Å². The van der Waals surface area contributed by atoms with Gasteiger partial charge in [0.25, 0.3) is 0 Å². The Kier molecular flexibility index (Phi) is 0.913. The molecule has 0 amide bonds. The minimum Gasteiger partial charge on any atom is -0.329 e. The van der Waals surface area contributed by atoms with E-state index in [4.69, 9.17) is 0 Å². The molecule has 0 radical (unpaired) electrons. The van der Waals surface area contributed by atoms with Crippen LogP contribution in [0.1, 0.15) is 0 Å². The number of H-pyrrole nitrogens is 1. The van der Waals surface area contributed by atoms with E-state index in [-0.39, 0.29) is 5.52 Å². The van der Waals surface area contributed by atoms with Crippen molar-refractivity contribution in [1.29, 1.82) is 0 Å². The van der Waals surface area contributed by atoms with E-state index in [0.29, 0.717) is 5.65 Å². The van der Waals surface area contributed by atoms with Crippen molar-refractivity contribution in [2.24, 2.45) is 0 Å². The van der Waals surface area contributed by atoms with Crippen molar-refractivity contribution in [1.82, 2.24) is 19.9 Å². The first-order chi connectivity index (χ1) is 4.88. The normalized spacial score (nSPS) is 10.5. The second-order valence-electron chi connectivity index (χ2n) is 1.76. The summed E-state index contributed by atoms with van der Waals surface area (Å²) in [5.41, 5.74) is 0.606. The summed E-state index contributed by atoms with van der Waals surface area (Å²) in [4.78, 5) is 13.4. The first-order valence-corrected chi connectivity index (χ1v) is 2.67. The summed E-state index contributed by atoms with van der Waals surface area (Å²) in [7, 11) is 0. The van der Waals surface area contributed by atoms with Gasteiger partial charge in [0.05, 0.1) is 6.33 Å². The van der Waals surface area contributed by atoms with Gasteiger partial charge in [-0.2, -0.15) is 4.39 Å². The van der Waals surface area contributed by atoms with E-state index in [0.717, 1.165) is 6.33 Å². The van der Waals surface area contributed by atoms with Crippen molar-refractivity contribution < 1.29 is 4.39 Å². The van der Waals surface area contributed by atoms with Crippen molar-refractivity contribution in [3.8, 4) is 0 Å². The summed E-state index contributed by atoms with van der Waals surface area (Å²) in [5.74, 6) is -0.591. The molecule has 0 bridgehead atoms. The van der Waals surface area contributed by atoms with Gasteiger partial charge in [-0.15, -0.1) is 0 Å². The molecule has 1 N–H and O–H groups in total. The quantitative estimate of drug-likeness (QED) is 0.539. The highest BCUT2D eigenvalue weighted by atomic mass is 19.1. The standard InChI is InChI=1S/C5H3FN4/c6-4-3-5(9-1-7-3)10-2-8-4/h1-2H,(H,7,8,9,10). The van der Waals surface area contributed by atoms with Crippen LogP contribution in [-0.2, 0) is 0 Å². The molecular formula is C5H3FN4. The fourth-order valence-electron chi connectivity index (χ4n) is 0.735. The van der Waals surface area contributed by atoms with Crippen molar-refractivity contribution in [3.05, 3.63) is 18.6 Å². The Balaban J connectivity index is 2.95. The predicted octanol–water partition coefficient (Wildman–Crippen LogP) is 0.492. The smallest absolute Gasteiger partial charge is 0.244 e. The number of hydrogen-bond acceptors (Lipinski definition) is 3. The highest BCUT2D eigenvalue weighted by Crippen LogP contribution is 2.05. The summed E-state index contributed by atoms with van der Waals surface area (Å²) in [5, 5.41) is 0. The average Bonchev–Trinajstić information content (AvgIpc) is 2.36. The molecule has 0 aliphatic rings. The van der Waals surface area contributed by atoms with Gasteiger partial charge in [0.2, 0.25) is 5.95 Å². The van der Waals surface area contributed by atoms with Gasteiger partial charge in [-0.05, 0) is 0 Å². The number of rotatable bonds is 0. The van der Waals surface area contributed by atoms with E-state index in [1.807, 2.05) is 0 Å². The maximum absolute atomic E-state index is 12.6. The van der Waals surface area contributed by atoms with Crippen LogP contribution in [0.2, 0.25) is 0 Å². The molecule has 2 aromatic rings. The average molecular weight is 138 g/mol. The summed E-state index contributed by atoms with van der Waals surface area (Å²) in [6.07, 6.45) is 2.53. The zero-order valence-corrected chi connectivity index (χ0v) is 4.87. The zero-order valence-electron chi connectivity index (χ0n) is 4.87. The third kappa shape index (κ3) is 0.570. The SMILES string of the molecule is Fc1ncnc2[nH]cnc12. The number of imidazole rings is 1.